The van der Waals surface area contributed by atoms with Crippen LogP contribution in [0, 0.1) is 6.54 Å². The Hall–Kier alpha value is -1.12. The summed E-state index contributed by atoms with van der Waals surface area (Å²) in [4.78, 5) is 2.25. The normalized spacial score (nSPS) is 11.4. The second-order valence-corrected chi connectivity index (χ2v) is 3.69. The van der Waals surface area contributed by atoms with Crippen molar-refractivity contribution < 1.29 is 0 Å². The van der Waals surface area contributed by atoms with Crippen molar-refractivity contribution in [3.8, 4) is 0 Å². The van der Waals surface area contributed by atoms with E-state index < -0.39 is 0 Å². The highest BCUT2D eigenvalue weighted by atomic mass is 15.1. The molecule has 0 aliphatic heterocycles. The molecule has 0 fully saturated rings. The maximum atomic E-state index is 5.56. The zero-order chi connectivity index (χ0) is 11.6. The topological polar surface area (TPSA) is 29.3 Å². The Morgan fingerprint density at radius 2 is 2.00 bits per heavy atom. The number of benzene rings is 1. The Morgan fingerprint density at radius 1 is 1.25 bits per heavy atom. The van der Waals surface area contributed by atoms with Crippen LogP contribution in [0.2, 0.25) is 0 Å². The van der Waals surface area contributed by atoms with Crippen LogP contribution in [0.1, 0.15) is 18.9 Å². The number of hydrogen-bond donors (Lipinski definition) is 1. The summed E-state index contributed by atoms with van der Waals surface area (Å²) in [6.45, 7) is 6.90. The molecule has 16 heavy (non-hydrogen) atoms. The number of hydrogen-bond acceptors (Lipinski definition) is 2. The maximum Gasteiger partial charge on any atom is 0.0252 e. The largest absolute Gasteiger partial charge is 0.329 e. The SMILES string of the molecule is CC[CH]N(CC=Cc1ccccc1)CCN. The first kappa shape index (κ1) is 12.9. The van der Waals surface area contributed by atoms with Gasteiger partial charge in [0.2, 0.25) is 0 Å². The van der Waals surface area contributed by atoms with Crippen LogP contribution in [0.5, 0.6) is 0 Å². The summed E-state index contributed by atoms with van der Waals surface area (Å²) in [5.41, 5.74) is 6.80. The molecule has 0 bridgehead atoms. The van der Waals surface area contributed by atoms with Crippen LogP contribution < -0.4 is 5.73 Å². The molecule has 0 unspecified atom stereocenters. The molecule has 2 N–H and O–H groups in total. The first-order valence-corrected chi connectivity index (χ1v) is 5.86. The molecule has 0 amide bonds. The molecule has 0 saturated carbocycles. The van der Waals surface area contributed by atoms with E-state index in [1.54, 1.807) is 0 Å². The van der Waals surface area contributed by atoms with Gasteiger partial charge >= 0.3 is 0 Å². The molecule has 0 atom stereocenters. The summed E-state index contributed by atoms with van der Waals surface area (Å²) in [5, 5.41) is 0. The van der Waals surface area contributed by atoms with Crippen LogP contribution in [0.25, 0.3) is 6.08 Å². The second-order valence-electron chi connectivity index (χ2n) is 3.69. The summed E-state index contributed by atoms with van der Waals surface area (Å²) in [6.07, 6.45) is 5.38. The fraction of sp³-hybridized carbons (Fsp3) is 0.357. The number of rotatable bonds is 7. The molecule has 0 heterocycles. The molecule has 0 aromatic heterocycles. The summed E-state index contributed by atoms with van der Waals surface area (Å²) in [6, 6.07) is 10.3. The average Bonchev–Trinajstić information content (AvgIpc) is 2.31. The third-order valence-electron chi connectivity index (χ3n) is 2.31. The van der Waals surface area contributed by atoms with Gasteiger partial charge in [-0.2, -0.15) is 0 Å². The molecule has 1 radical (unpaired) electrons. The summed E-state index contributed by atoms with van der Waals surface area (Å²) < 4.78 is 0. The molecule has 2 heteroatoms. The van der Waals surface area contributed by atoms with Gasteiger partial charge in [-0.15, -0.1) is 0 Å². The van der Waals surface area contributed by atoms with Crippen LogP contribution >= 0.6 is 0 Å². The summed E-state index contributed by atoms with van der Waals surface area (Å²) in [7, 11) is 0. The monoisotopic (exact) mass is 217 g/mol. The van der Waals surface area contributed by atoms with Crippen molar-refractivity contribution >= 4 is 6.08 Å². The lowest BCUT2D eigenvalue weighted by Gasteiger charge is -2.17. The Labute approximate surface area is 98.8 Å². The Bertz CT molecular complexity index is 287. The van der Waals surface area contributed by atoms with Gasteiger partial charge in [0.25, 0.3) is 0 Å². The van der Waals surface area contributed by atoms with E-state index in [2.05, 4.69) is 54.8 Å². The standard InChI is InChI=1S/C14H21N2/c1-2-11-16(13-10-15)12-6-9-14-7-4-3-5-8-14/h3-9,11H,2,10,12-13,15H2,1H3. The van der Waals surface area contributed by atoms with Crippen molar-refractivity contribution in [2.75, 3.05) is 19.6 Å². The van der Waals surface area contributed by atoms with Crippen LogP contribution in [0.4, 0.5) is 0 Å². The fourth-order valence-corrected chi connectivity index (χ4v) is 1.57. The van der Waals surface area contributed by atoms with E-state index in [-0.39, 0.29) is 0 Å². The van der Waals surface area contributed by atoms with Crippen molar-refractivity contribution in [1.29, 1.82) is 0 Å². The van der Waals surface area contributed by atoms with Gasteiger partial charge in [0.1, 0.15) is 0 Å². The molecular weight excluding hydrogens is 196 g/mol. The lowest BCUT2D eigenvalue weighted by Crippen LogP contribution is -2.27. The minimum atomic E-state index is 0.704. The molecule has 0 spiro atoms. The molecule has 1 aromatic carbocycles. The van der Waals surface area contributed by atoms with Gasteiger partial charge in [-0.05, 0) is 12.0 Å². The van der Waals surface area contributed by atoms with Gasteiger partial charge in [0.05, 0.1) is 0 Å². The highest BCUT2D eigenvalue weighted by Gasteiger charge is 1.99. The molecule has 0 saturated heterocycles. The molecule has 2 nitrogen and oxygen atoms in total. The van der Waals surface area contributed by atoms with E-state index in [1.165, 1.54) is 5.56 Å². The van der Waals surface area contributed by atoms with Crippen molar-refractivity contribution in [3.05, 3.63) is 48.5 Å². The van der Waals surface area contributed by atoms with Crippen LogP contribution in [-0.2, 0) is 0 Å². The predicted octanol–water partition coefficient (Wildman–Crippen LogP) is 2.53. The zero-order valence-electron chi connectivity index (χ0n) is 9.97. The average molecular weight is 217 g/mol. The van der Waals surface area contributed by atoms with E-state index >= 15 is 0 Å². The van der Waals surface area contributed by atoms with E-state index in [0.29, 0.717) is 6.54 Å². The molecular formula is C14H21N2. The summed E-state index contributed by atoms with van der Waals surface area (Å²) >= 11 is 0. The van der Waals surface area contributed by atoms with Crippen molar-refractivity contribution in [3.63, 3.8) is 0 Å². The third-order valence-corrected chi connectivity index (χ3v) is 2.31. The minimum Gasteiger partial charge on any atom is -0.329 e. The second kappa shape index (κ2) is 8.08. The molecule has 1 rings (SSSR count). The van der Waals surface area contributed by atoms with E-state index in [1.807, 2.05) is 6.07 Å². The van der Waals surface area contributed by atoms with Gasteiger partial charge < -0.3 is 5.73 Å². The Balaban J connectivity index is 2.39. The van der Waals surface area contributed by atoms with Gasteiger partial charge in [-0.25, -0.2) is 0 Å². The van der Waals surface area contributed by atoms with Crippen molar-refractivity contribution in [1.82, 2.24) is 4.90 Å². The van der Waals surface area contributed by atoms with Crippen molar-refractivity contribution in [2.24, 2.45) is 5.73 Å². The predicted molar refractivity (Wildman–Crippen MR) is 70.7 cm³/mol. The molecule has 1 aromatic rings. The molecule has 0 aliphatic carbocycles. The van der Waals surface area contributed by atoms with E-state index in [4.69, 9.17) is 5.73 Å². The van der Waals surface area contributed by atoms with E-state index in [0.717, 1.165) is 19.5 Å². The van der Waals surface area contributed by atoms with Crippen LogP contribution in [0.3, 0.4) is 0 Å². The minimum absolute atomic E-state index is 0.704. The highest BCUT2D eigenvalue weighted by molar-refractivity contribution is 5.48. The van der Waals surface area contributed by atoms with Gasteiger partial charge in [0, 0.05) is 26.2 Å². The van der Waals surface area contributed by atoms with E-state index in [9.17, 15) is 0 Å². The van der Waals surface area contributed by atoms with Gasteiger partial charge in [-0.3, -0.25) is 4.90 Å². The summed E-state index contributed by atoms with van der Waals surface area (Å²) in [5.74, 6) is 0. The van der Waals surface area contributed by atoms with Crippen LogP contribution in [0.15, 0.2) is 36.4 Å². The number of nitrogens with two attached hydrogens (primary N) is 1. The molecule has 0 aliphatic rings. The fourth-order valence-electron chi connectivity index (χ4n) is 1.57. The first-order valence-electron chi connectivity index (χ1n) is 5.86. The van der Waals surface area contributed by atoms with Crippen molar-refractivity contribution in [2.45, 2.75) is 13.3 Å². The lowest BCUT2D eigenvalue weighted by atomic mass is 10.2. The smallest absolute Gasteiger partial charge is 0.0252 e. The maximum absolute atomic E-state index is 5.56. The van der Waals surface area contributed by atoms with Gasteiger partial charge in [0.15, 0.2) is 0 Å². The highest BCUT2D eigenvalue weighted by Crippen LogP contribution is 2.02. The zero-order valence-corrected chi connectivity index (χ0v) is 9.97. The Kier molecular flexibility index (Phi) is 6.54. The quantitative estimate of drug-likeness (QED) is 0.760. The first-order chi connectivity index (χ1) is 7.86. The van der Waals surface area contributed by atoms with Gasteiger partial charge in [-0.1, -0.05) is 49.4 Å². The lowest BCUT2D eigenvalue weighted by molar-refractivity contribution is 0.370. The molecule has 87 valence electrons. The third kappa shape index (κ3) is 5.10. The van der Waals surface area contributed by atoms with Crippen LogP contribution in [-0.4, -0.2) is 24.5 Å². The number of nitrogens with zero attached hydrogens (tertiary/aromatic N) is 1. The Morgan fingerprint density at radius 3 is 2.62 bits per heavy atom.